The van der Waals surface area contributed by atoms with Crippen LogP contribution in [0.3, 0.4) is 0 Å². The second kappa shape index (κ2) is 5.19. The zero-order valence-electron chi connectivity index (χ0n) is 9.25. The van der Waals surface area contributed by atoms with E-state index in [-0.39, 0.29) is 5.82 Å². The first-order valence-corrected chi connectivity index (χ1v) is 4.91. The van der Waals surface area contributed by atoms with Crippen LogP contribution in [0.2, 0.25) is 0 Å². The normalized spacial score (nSPS) is 13.2. The fraction of sp³-hybridized carbons (Fsp3) is 0.400. The summed E-state index contributed by atoms with van der Waals surface area (Å²) >= 11 is 0. The standard InChI is InChI=1S/C10H10F4N2O2/c1-5(3-10(12,13)14)16-8-7(9(17)18)2-6(11)4-15-8/h2,4-5H,3H2,1H3,(H,15,16)(H,17,18). The first kappa shape index (κ1) is 14.2. The van der Waals surface area contributed by atoms with Crippen molar-refractivity contribution in [3.05, 3.63) is 23.6 Å². The van der Waals surface area contributed by atoms with Crippen molar-refractivity contribution < 1.29 is 27.5 Å². The van der Waals surface area contributed by atoms with Crippen LogP contribution in [-0.2, 0) is 0 Å². The molecule has 0 bridgehead atoms. The van der Waals surface area contributed by atoms with E-state index in [1.54, 1.807) is 0 Å². The molecule has 0 aliphatic rings. The van der Waals surface area contributed by atoms with Crippen molar-refractivity contribution in [3.63, 3.8) is 0 Å². The van der Waals surface area contributed by atoms with Gasteiger partial charge in [-0.15, -0.1) is 0 Å². The Bertz CT molecular complexity index is 448. The molecule has 1 atom stereocenters. The summed E-state index contributed by atoms with van der Waals surface area (Å²) < 4.78 is 49.1. The molecule has 0 aliphatic carbocycles. The summed E-state index contributed by atoms with van der Waals surface area (Å²) in [4.78, 5) is 14.2. The van der Waals surface area contributed by atoms with Gasteiger partial charge in [0.05, 0.1) is 12.6 Å². The van der Waals surface area contributed by atoms with Gasteiger partial charge in [0, 0.05) is 6.04 Å². The maximum absolute atomic E-state index is 12.8. The first-order chi connectivity index (χ1) is 8.19. The van der Waals surface area contributed by atoms with E-state index in [2.05, 4.69) is 10.3 Å². The van der Waals surface area contributed by atoms with Crippen molar-refractivity contribution in [2.24, 2.45) is 0 Å². The third kappa shape index (κ3) is 4.19. The highest BCUT2D eigenvalue weighted by molar-refractivity contribution is 5.93. The highest BCUT2D eigenvalue weighted by Crippen LogP contribution is 2.24. The van der Waals surface area contributed by atoms with Gasteiger partial charge in [-0.25, -0.2) is 14.2 Å². The summed E-state index contributed by atoms with van der Waals surface area (Å²) in [5.41, 5.74) is -0.510. The molecule has 2 N–H and O–H groups in total. The number of rotatable bonds is 4. The molecule has 4 nitrogen and oxygen atoms in total. The molecule has 0 saturated heterocycles. The number of alkyl halides is 3. The molecular formula is C10H10F4N2O2. The number of hydrogen-bond acceptors (Lipinski definition) is 3. The monoisotopic (exact) mass is 266 g/mol. The molecule has 0 radical (unpaired) electrons. The van der Waals surface area contributed by atoms with E-state index in [9.17, 15) is 22.4 Å². The number of nitrogens with zero attached hydrogens (tertiary/aromatic N) is 1. The number of aromatic carboxylic acids is 1. The van der Waals surface area contributed by atoms with Gasteiger partial charge in [0.25, 0.3) is 0 Å². The summed E-state index contributed by atoms with van der Waals surface area (Å²) in [5, 5.41) is 11.1. The quantitative estimate of drug-likeness (QED) is 0.822. The van der Waals surface area contributed by atoms with Gasteiger partial charge in [-0.1, -0.05) is 0 Å². The number of nitrogens with one attached hydrogen (secondary N) is 1. The summed E-state index contributed by atoms with van der Waals surface area (Å²) in [7, 11) is 0. The minimum absolute atomic E-state index is 0.291. The number of hydrogen-bond donors (Lipinski definition) is 2. The number of carboxylic acids is 1. The average Bonchev–Trinajstić information content (AvgIpc) is 2.17. The minimum Gasteiger partial charge on any atom is -0.478 e. The van der Waals surface area contributed by atoms with Gasteiger partial charge < -0.3 is 10.4 Å². The number of carbonyl (C=O) groups is 1. The molecule has 1 heterocycles. The molecule has 1 rings (SSSR count). The lowest BCUT2D eigenvalue weighted by Gasteiger charge is -2.17. The van der Waals surface area contributed by atoms with Crippen molar-refractivity contribution in [2.75, 3.05) is 5.32 Å². The molecule has 1 unspecified atom stereocenters. The molecule has 0 saturated carbocycles. The highest BCUT2D eigenvalue weighted by Gasteiger charge is 2.30. The van der Waals surface area contributed by atoms with Crippen molar-refractivity contribution in [1.82, 2.24) is 4.98 Å². The maximum atomic E-state index is 12.8. The van der Waals surface area contributed by atoms with Crippen LogP contribution in [0.4, 0.5) is 23.4 Å². The second-order valence-electron chi connectivity index (χ2n) is 3.72. The summed E-state index contributed by atoms with van der Waals surface area (Å²) in [5.74, 6) is -2.63. The topological polar surface area (TPSA) is 62.2 Å². The third-order valence-corrected chi connectivity index (χ3v) is 2.01. The zero-order valence-corrected chi connectivity index (χ0v) is 9.25. The van der Waals surface area contributed by atoms with Crippen LogP contribution in [-0.4, -0.2) is 28.3 Å². The van der Waals surface area contributed by atoms with E-state index >= 15 is 0 Å². The average molecular weight is 266 g/mol. The van der Waals surface area contributed by atoms with Crippen LogP contribution in [0.5, 0.6) is 0 Å². The van der Waals surface area contributed by atoms with Gasteiger partial charge in [0.15, 0.2) is 0 Å². The molecule has 0 aromatic carbocycles. The van der Waals surface area contributed by atoms with E-state index in [0.29, 0.717) is 6.07 Å². The smallest absolute Gasteiger partial charge is 0.391 e. The van der Waals surface area contributed by atoms with E-state index in [1.807, 2.05) is 0 Å². The Morgan fingerprint density at radius 2 is 2.17 bits per heavy atom. The number of halogens is 4. The predicted molar refractivity (Wildman–Crippen MR) is 54.9 cm³/mol. The largest absolute Gasteiger partial charge is 0.478 e. The molecule has 100 valence electrons. The van der Waals surface area contributed by atoms with Crippen molar-refractivity contribution in [2.45, 2.75) is 25.6 Å². The number of carboxylic acid groups (broad SMARTS) is 1. The van der Waals surface area contributed by atoms with Gasteiger partial charge in [0.1, 0.15) is 17.2 Å². The molecule has 18 heavy (non-hydrogen) atoms. The predicted octanol–water partition coefficient (Wildman–Crippen LogP) is 2.67. The zero-order chi connectivity index (χ0) is 13.9. The highest BCUT2D eigenvalue weighted by atomic mass is 19.4. The molecular weight excluding hydrogens is 256 g/mol. The summed E-state index contributed by atoms with van der Waals surface area (Å²) in [6.07, 6.45) is -4.80. The fourth-order valence-corrected chi connectivity index (χ4v) is 1.35. The fourth-order valence-electron chi connectivity index (χ4n) is 1.35. The molecule has 8 heteroatoms. The Morgan fingerprint density at radius 1 is 1.56 bits per heavy atom. The molecule has 1 aromatic rings. The Morgan fingerprint density at radius 3 is 2.67 bits per heavy atom. The van der Waals surface area contributed by atoms with Crippen LogP contribution < -0.4 is 5.32 Å². The number of aromatic nitrogens is 1. The van der Waals surface area contributed by atoms with Gasteiger partial charge in [-0.05, 0) is 13.0 Å². The third-order valence-electron chi connectivity index (χ3n) is 2.01. The van der Waals surface area contributed by atoms with Gasteiger partial charge in [-0.2, -0.15) is 13.2 Å². The van der Waals surface area contributed by atoms with Crippen molar-refractivity contribution >= 4 is 11.8 Å². The number of anilines is 1. The van der Waals surface area contributed by atoms with Crippen LogP contribution in [0.15, 0.2) is 12.3 Å². The lowest BCUT2D eigenvalue weighted by molar-refractivity contribution is -0.136. The molecule has 0 spiro atoms. The summed E-state index contributed by atoms with van der Waals surface area (Å²) in [6, 6.07) is -0.376. The molecule has 0 aliphatic heterocycles. The molecule has 0 amide bonds. The second-order valence-corrected chi connectivity index (χ2v) is 3.72. The van der Waals surface area contributed by atoms with Gasteiger partial charge in [-0.3, -0.25) is 0 Å². The maximum Gasteiger partial charge on any atom is 0.391 e. The van der Waals surface area contributed by atoms with Crippen LogP contribution in [0.25, 0.3) is 0 Å². The Labute approximate surface area is 99.6 Å². The van der Waals surface area contributed by atoms with Crippen LogP contribution in [0, 0.1) is 5.82 Å². The Hall–Kier alpha value is -1.86. The van der Waals surface area contributed by atoms with Crippen molar-refractivity contribution in [3.8, 4) is 0 Å². The van der Waals surface area contributed by atoms with E-state index in [4.69, 9.17) is 5.11 Å². The first-order valence-electron chi connectivity index (χ1n) is 4.91. The Kier molecular flexibility index (Phi) is 4.10. The van der Waals surface area contributed by atoms with Crippen LogP contribution >= 0.6 is 0 Å². The molecule has 1 aromatic heterocycles. The van der Waals surface area contributed by atoms with E-state index < -0.39 is 36.0 Å². The lowest BCUT2D eigenvalue weighted by Crippen LogP contribution is -2.25. The molecule has 0 fully saturated rings. The van der Waals surface area contributed by atoms with Crippen LogP contribution in [0.1, 0.15) is 23.7 Å². The van der Waals surface area contributed by atoms with Crippen molar-refractivity contribution in [1.29, 1.82) is 0 Å². The minimum atomic E-state index is -4.38. The summed E-state index contributed by atoms with van der Waals surface area (Å²) in [6.45, 7) is 1.23. The van der Waals surface area contributed by atoms with Gasteiger partial charge >= 0.3 is 12.1 Å². The van der Waals surface area contributed by atoms with E-state index in [0.717, 1.165) is 6.20 Å². The SMILES string of the molecule is CC(CC(F)(F)F)Nc1ncc(F)cc1C(=O)O. The Balaban J connectivity index is 2.87. The lowest BCUT2D eigenvalue weighted by atomic mass is 10.2. The van der Waals surface area contributed by atoms with Gasteiger partial charge in [0.2, 0.25) is 0 Å². The number of pyridine rings is 1. The van der Waals surface area contributed by atoms with E-state index in [1.165, 1.54) is 6.92 Å².